The van der Waals surface area contributed by atoms with E-state index >= 15 is 0 Å². The Kier molecular flexibility index (Phi) is 3.87. The molecule has 7 nitrogen and oxygen atoms in total. The van der Waals surface area contributed by atoms with Gasteiger partial charge in [0.15, 0.2) is 4.90 Å². The zero-order valence-corrected chi connectivity index (χ0v) is 14.6. The van der Waals surface area contributed by atoms with Crippen LogP contribution >= 0.6 is 0 Å². The van der Waals surface area contributed by atoms with E-state index < -0.39 is 26.2 Å². The molecule has 1 aliphatic rings. The molecule has 0 amide bonds. The van der Waals surface area contributed by atoms with Crippen LogP contribution < -0.4 is 15.6 Å². The summed E-state index contributed by atoms with van der Waals surface area (Å²) in [5.74, 6) is 0. The molecule has 0 saturated heterocycles. The van der Waals surface area contributed by atoms with Crippen molar-refractivity contribution in [2.24, 2.45) is 14.1 Å². The van der Waals surface area contributed by atoms with Gasteiger partial charge in [0.25, 0.3) is 15.6 Å². The summed E-state index contributed by atoms with van der Waals surface area (Å²) < 4.78 is 29.6. The first-order chi connectivity index (χ1) is 11.2. The Labute approximate surface area is 139 Å². The van der Waals surface area contributed by atoms with Gasteiger partial charge in [-0.05, 0) is 31.4 Å². The number of aryl methyl sites for hydroxylation is 2. The van der Waals surface area contributed by atoms with Crippen molar-refractivity contribution in [2.45, 2.75) is 30.7 Å². The molecule has 0 fully saturated rings. The van der Waals surface area contributed by atoms with Gasteiger partial charge in [0.05, 0.1) is 5.69 Å². The number of aromatic nitrogens is 2. The third-order valence-electron chi connectivity index (χ3n) is 4.41. The molecular formula is C16H19N3O4S. The molecule has 0 radical (unpaired) electrons. The van der Waals surface area contributed by atoms with Crippen molar-refractivity contribution in [1.29, 1.82) is 0 Å². The second-order valence-electron chi connectivity index (χ2n) is 6.07. The highest BCUT2D eigenvalue weighted by molar-refractivity contribution is 7.92. The maximum atomic E-state index is 13.2. The van der Waals surface area contributed by atoms with E-state index in [2.05, 4.69) is 0 Å². The van der Waals surface area contributed by atoms with Gasteiger partial charge in [-0.3, -0.25) is 13.7 Å². The lowest BCUT2D eigenvalue weighted by Gasteiger charge is -2.35. The number of hydrogen-bond donors (Lipinski definition) is 0. The van der Waals surface area contributed by atoms with Crippen LogP contribution in [-0.4, -0.2) is 23.6 Å². The minimum atomic E-state index is -4.08. The summed E-state index contributed by atoms with van der Waals surface area (Å²) in [7, 11) is -1.38. The number of rotatable bonds is 2. The van der Waals surface area contributed by atoms with E-state index in [4.69, 9.17) is 0 Å². The molecular weight excluding hydrogens is 330 g/mol. The third-order valence-corrected chi connectivity index (χ3v) is 6.32. The Bertz CT molecular complexity index is 1020. The molecule has 1 aliphatic heterocycles. The standard InChI is InChI=1S/C16H19N3O4S/c1-11-8-9-12-6-4-5-7-13(12)19(11)24(22,23)14-10-17(2)16(21)18(3)15(14)20/h4-7,10-11H,8-9H2,1-3H3/t11-/m0/s1. The van der Waals surface area contributed by atoms with E-state index in [9.17, 15) is 18.0 Å². The van der Waals surface area contributed by atoms with Crippen LogP contribution in [0.2, 0.25) is 0 Å². The largest absolute Gasteiger partial charge is 0.330 e. The van der Waals surface area contributed by atoms with E-state index in [1.165, 1.54) is 18.4 Å². The van der Waals surface area contributed by atoms with E-state index in [0.29, 0.717) is 12.1 Å². The summed E-state index contributed by atoms with van der Waals surface area (Å²) in [5.41, 5.74) is 0.146. The second kappa shape index (κ2) is 5.62. The minimum absolute atomic E-state index is 0.271. The molecule has 8 heteroatoms. The summed E-state index contributed by atoms with van der Waals surface area (Å²) in [5, 5.41) is 0. The summed E-state index contributed by atoms with van der Waals surface area (Å²) in [6, 6.07) is 7.01. The predicted octanol–water partition coefficient (Wildman–Crippen LogP) is 0.614. The SMILES string of the molecule is C[C@H]1CCc2ccccc2N1S(=O)(=O)c1cn(C)c(=O)n(C)c1=O. The molecule has 0 saturated carbocycles. The summed E-state index contributed by atoms with van der Waals surface area (Å²) in [4.78, 5) is 23.8. The molecule has 0 bridgehead atoms. The maximum absolute atomic E-state index is 13.2. The number of anilines is 1. The van der Waals surface area contributed by atoms with Crippen LogP contribution in [0.1, 0.15) is 18.9 Å². The first-order valence-corrected chi connectivity index (χ1v) is 9.08. The van der Waals surface area contributed by atoms with Crippen LogP contribution in [0.5, 0.6) is 0 Å². The van der Waals surface area contributed by atoms with E-state index in [1.807, 2.05) is 19.1 Å². The average Bonchev–Trinajstić information content (AvgIpc) is 2.55. The van der Waals surface area contributed by atoms with Crippen molar-refractivity contribution in [3.8, 4) is 0 Å². The Hall–Kier alpha value is -2.35. The van der Waals surface area contributed by atoms with Crippen molar-refractivity contribution in [3.05, 3.63) is 56.9 Å². The van der Waals surface area contributed by atoms with Crippen LogP contribution in [0, 0.1) is 0 Å². The fourth-order valence-electron chi connectivity index (χ4n) is 3.08. The Morgan fingerprint density at radius 2 is 1.79 bits per heavy atom. The highest BCUT2D eigenvalue weighted by atomic mass is 32.2. The third kappa shape index (κ3) is 2.37. The Balaban J connectivity index is 2.27. The van der Waals surface area contributed by atoms with Gasteiger partial charge in [-0.1, -0.05) is 18.2 Å². The number of fused-ring (bicyclic) bond motifs is 1. The fraction of sp³-hybridized carbons (Fsp3) is 0.375. The molecule has 0 aliphatic carbocycles. The summed E-state index contributed by atoms with van der Waals surface area (Å²) in [6.07, 6.45) is 2.56. The highest BCUT2D eigenvalue weighted by Crippen LogP contribution is 2.34. The van der Waals surface area contributed by atoms with Gasteiger partial charge < -0.3 is 4.57 Å². The topological polar surface area (TPSA) is 81.4 Å². The van der Waals surface area contributed by atoms with Crippen LogP contribution in [0.25, 0.3) is 0 Å². The number of benzene rings is 1. The van der Waals surface area contributed by atoms with E-state index in [-0.39, 0.29) is 6.04 Å². The zero-order valence-electron chi connectivity index (χ0n) is 13.8. The van der Waals surface area contributed by atoms with Crippen molar-refractivity contribution in [1.82, 2.24) is 9.13 Å². The van der Waals surface area contributed by atoms with Crippen LogP contribution in [0.15, 0.2) is 44.9 Å². The lowest BCUT2D eigenvalue weighted by atomic mass is 9.99. The van der Waals surface area contributed by atoms with Gasteiger partial charge in [-0.15, -0.1) is 0 Å². The molecule has 2 aromatic rings. The molecule has 128 valence electrons. The number of sulfonamides is 1. The number of para-hydroxylation sites is 1. The van der Waals surface area contributed by atoms with Crippen molar-refractivity contribution in [2.75, 3.05) is 4.31 Å². The zero-order chi connectivity index (χ0) is 17.6. The normalized spacial score (nSPS) is 17.6. The lowest BCUT2D eigenvalue weighted by molar-refractivity contribution is 0.555. The lowest BCUT2D eigenvalue weighted by Crippen LogP contribution is -2.46. The molecule has 24 heavy (non-hydrogen) atoms. The van der Waals surface area contributed by atoms with Gasteiger partial charge in [0.1, 0.15) is 0 Å². The monoisotopic (exact) mass is 349 g/mol. The van der Waals surface area contributed by atoms with E-state index in [1.54, 1.807) is 12.1 Å². The van der Waals surface area contributed by atoms with E-state index in [0.717, 1.165) is 27.3 Å². The first kappa shape index (κ1) is 16.5. The molecule has 0 unspecified atom stereocenters. The molecule has 0 N–H and O–H groups in total. The van der Waals surface area contributed by atoms with Gasteiger partial charge in [0, 0.05) is 26.3 Å². The summed E-state index contributed by atoms with van der Waals surface area (Å²) >= 11 is 0. The molecule has 0 spiro atoms. The molecule has 1 aromatic carbocycles. The molecule has 2 heterocycles. The van der Waals surface area contributed by atoms with Gasteiger partial charge in [-0.2, -0.15) is 0 Å². The Morgan fingerprint density at radius 3 is 2.50 bits per heavy atom. The molecule has 1 aromatic heterocycles. The second-order valence-corrected chi connectivity index (χ2v) is 7.85. The fourth-order valence-corrected chi connectivity index (χ4v) is 4.96. The number of nitrogens with zero attached hydrogens (tertiary/aromatic N) is 3. The van der Waals surface area contributed by atoms with Crippen molar-refractivity contribution in [3.63, 3.8) is 0 Å². The smallest absolute Gasteiger partial charge is 0.302 e. The average molecular weight is 349 g/mol. The summed E-state index contributed by atoms with van der Waals surface area (Å²) in [6.45, 7) is 1.82. The van der Waals surface area contributed by atoms with Crippen LogP contribution in [0.4, 0.5) is 5.69 Å². The van der Waals surface area contributed by atoms with Crippen molar-refractivity contribution >= 4 is 15.7 Å². The minimum Gasteiger partial charge on any atom is -0.302 e. The van der Waals surface area contributed by atoms with Gasteiger partial charge in [0.2, 0.25) is 0 Å². The molecule has 3 rings (SSSR count). The molecule has 1 atom stereocenters. The quantitative estimate of drug-likeness (QED) is 0.796. The van der Waals surface area contributed by atoms with Crippen LogP contribution in [-0.2, 0) is 30.5 Å². The Morgan fingerprint density at radius 1 is 1.12 bits per heavy atom. The van der Waals surface area contributed by atoms with Crippen LogP contribution in [0.3, 0.4) is 0 Å². The highest BCUT2D eigenvalue weighted by Gasteiger charge is 2.36. The predicted molar refractivity (Wildman–Crippen MR) is 90.8 cm³/mol. The maximum Gasteiger partial charge on any atom is 0.330 e. The first-order valence-electron chi connectivity index (χ1n) is 7.64. The van der Waals surface area contributed by atoms with Gasteiger partial charge in [-0.25, -0.2) is 13.2 Å². The van der Waals surface area contributed by atoms with Crippen molar-refractivity contribution < 1.29 is 8.42 Å². The van der Waals surface area contributed by atoms with Gasteiger partial charge >= 0.3 is 5.69 Å². The number of hydrogen-bond acceptors (Lipinski definition) is 4.